The predicted molar refractivity (Wildman–Crippen MR) is 115 cm³/mol. The lowest BCUT2D eigenvalue weighted by molar-refractivity contribution is -0.0131. The maximum Gasteiger partial charge on any atom is 0.412 e. The third-order valence-electron chi connectivity index (χ3n) is 5.27. The third-order valence-corrected chi connectivity index (χ3v) is 7.03. The van der Waals surface area contributed by atoms with Crippen molar-refractivity contribution in [1.29, 1.82) is 0 Å². The van der Waals surface area contributed by atoms with Crippen LogP contribution in [0.4, 0.5) is 4.79 Å². The van der Waals surface area contributed by atoms with Gasteiger partial charge in [0.2, 0.25) is 0 Å². The highest BCUT2D eigenvalue weighted by Crippen LogP contribution is 2.43. The first-order valence-corrected chi connectivity index (χ1v) is 13.5. The van der Waals surface area contributed by atoms with E-state index in [0.717, 1.165) is 17.7 Å². The zero-order chi connectivity index (χ0) is 20.5. The first kappa shape index (κ1) is 21.1. The third kappa shape index (κ3) is 4.34. The van der Waals surface area contributed by atoms with Crippen LogP contribution in [0.2, 0.25) is 13.1 Å². The highest BCUT2D eigenvalue weighted by molar-refractivity contribution is 7.15. The number of nitrogens with zero attached hydrogens (tertiary/aromatic N) is 3. The Morgan fingerprint density at radius 2 is 2.21 bits per heavy atom. The first-order valence-electron chi connectivity index (χ1n) is 9.82. The molecule has 3 atom stereocenters. The molecule has 6 nitrogen and oxygen atoms in total. The van der Waals surface area contributed by atoms with Crippen molar-refractivity contribution in [3.63, 3.8) is 0 Å². The highest BCUT2D eigenvalue weighted by atomic mass is 32.1. The maximum absolute atomic E-state index is 13.0. The fourth-order valence-electron chi connectivity index (χ4n) is 3.94. The number of amides is 1. The van der Waals surface area contributed by atoms with Gasteiger partial charge in [0.25, 0.3) is 0 Å². The monoisotopic (exact) mass is 421 g/mol. The summed E-state index contributed by atoms with van der Waals surface area (Å²) in [5.74, 6) is 0.251. The van der Waals surface area contributed by atoms with E-state index in [-0.39, 0.29) is 36.3 Å². The van der Waals surface area contributed by atoms with Crippen LogP contribution in [0.5, 0.6) is 0 Å². The average Bonchev–Trinajstić information content (AvgIpc) is 3.28. The van der Waals surface area contributed by atoms with Gasteiger partial charge in [-0.25, -0.2) is 9.78 Å². The summed E-state index contributed by atoms with van der Waals surface area (Å²) in [6.45, 7) is 14.8. The van der Waals surface area contributed by atoms with E-state index in [4.69, 9.17) is 9.16 Å². The van der Waals surface area contributed by atoms with Crippen LogP contribution in [-0.2, 0) is 15.6 Å². The van der Waals surface area contributed by atoms with Crippen molar-refractivity contribution >= 4 is 31.3 Å². The number of hydrogen-bond donors (Lipinski definition) is 0. The van der Waals surface area contributed by atoms with Crippen molar-refractivity contribution < 1.29 is 14.0 Å². The molecule has 3 rings (SSSR count). The molecule has 0 aromatic carbocycles. The Bertz CT molecular complexity index is 826. The molecule has 1 aliphatic rings. The highest BCUT2D eigenvalue weighted by Gasteiger charge is 2.49. The first-order chi connectivity index (χ1) is 13.2. The molecule has 0 spiro atoms. The van der Waals surface area contributed by atoms with Crippen LogP contribution in [0.15, 0.2) is 30.6 Å². The van der Waals surface area contributed by atoms with E-state index in [0.29, 0.717) is 0 Å². The molecule has 2 aromatic heterocycles. The van der Waals surface area contributed by atoms with Crippen molar-refractivity contribution in [3.05, 3.63) is 36.3 Å². The summed E-state index contributed by atoms with van der Waals surface area (Å²) in [6, 6.07) is 0.0273. The Labute approximate surface area is 172 Å². The second-order valence-corrected chi connectivity index (χ2v) is 12.0. The number of carbonyl (C=O) groups excluding carboxylic acids is 1. The van der Waals surface area contributed by atoms with E-state index in [2.05, 4.69) is 55.2 Å². The van der Waals surface area contributed by atoms with Crippen LogP contribution < -0.4 is 0 Å². The summed E-state index contributed by atoms with van der Waals surface area (Å²) in [5.41, 5.74) is 1.19. The molecule has 0 radical (unpaired) electrons. The summed E-state index contributed by atoms with van der Waals surface area (Å²) in [4.78, 5) is 20.2. The zero-order valence-electron chi connectivity index (χ0n) is 17.4. The molecule has 0 aliphatic carbocycles. The summed E-state index contributed by atoms with van der Waals surface area (Å²) in [7, 11) is -1.35. The minimum atomic E-state index is -1.35. The van der Waals surface area contributed by atoms with Crippen LogP contribution in [0.1, 0.15) is 32.9 Å². The fourth-order valence-corrected chi connectivity index (χ4v) is 5.69. The average molecular weight is 422 g/mol. The Morgan fingerprint density at radius 1 is 1.46 bits per heavy atom. The Hall–Kier alpha value is -1.64. The van der Waals surface area contributed by atoms with Crippen LogP contribution in [0, 0.1) is 11.3 Å². The second kappa shape index (κ2) is 8.38. The number of thiazole rings is 1. The van der Waals surface area contributed by atoms with Gasteiger partial charge in [-0.15, -0.1) is 11.3 Å². The molecule has 1 saturated heterocycles. The van der Waals surface area contributed by atoms with E-state index in [1.165, 1.54) is 5.69 Å². The predicted octanol–water partition coefficient (Wildman–Crippen LogP) is 4.32. The van der Waals surface area contributed by atoms with Crippen LogP contribution in [-0.4, -0.2) is 48.3 Å². The molecular formula is C20H31N3O3SSi. The normalized spacial score (nSPS) is 22.9. The second-order valence-electron chi connectivity index (χ2n) is 8.74. The molecule has 3 heterocycles. The van der Waals surface area contributed by atoms with Crippen molar-refractivity contribution in [2.75, 3.05) is 6.61 Å². The lowest BCUT2D eigenvalue weighted by Gasteiger charge is -2.36. The molecule has 0 saturated carbocycles. The standard InChI is InChI=1S/C20H31N3O3SSi/c1-7-8-25-19(24)23-14(9-15-12-27-17-11-21-13-22(15)17)10-16(20(2,3)4)18(23)26-28(5)6/h7,11-14,16,18,28H,1,8-10H2,2-6H3/t14-,16-,18?/m0/s1. The molecular weight excluding hydrogens is 390 g/mol. The Morgan fingerprint density at radius 3 is 2.86 bits per heavy atom. The lowest BCUT2D eigenvalue weighted by Crippen LogP contribution is -2.48. The van der Waals surface area contributed by atoms with Crippen LogP contribution in [0.25, 0.3) is 4.83 Å². The van der Waals surface area contributed by atoms with E-state index in [1.54, 1.807) is 17.4 Å². The van der Waals surface area contributed by atoms with Crippen molar-refractivity contribution in [2.45, 2.75) is 59.0 Å². The Kier molecular flexibility index (Phi) is 6.31. The largest absolute Gasteiger partial charge is 0.445 e. The molecule has 154 valence electrons. The van der Waals surface area contributed by atoms with Gasteiger partial charge in [0.05, 0.1) is 6.20 Å². The summed E-state index contributed by atoms with van der Waals surface area (Å²) >= 11 is 1.67. The number of aromatic nitrogens is 2. The quantitative estimate of drug-likeness (QED) is 0.515. The van der Waals surface area contributed by atoms with Crippen molar-refractivity contribution in [1.82, 2.24) is 14.3 Å². The molecule has 1 unspecified atom stereocenters. The molecule has 28 heavy (non-hydrogen) atoms. The molecule has 1 aliphatic heterocycles. The van der Waals surface area contributed by atoms with Crippen LogP contribution in [0.3, 0.4) is 0 Å². The number of hydrogen-bond acceptors (Lipinski definition) is 5. The summed E-state index contributed by atoms with van der Waals surface area (Å²) in [6.07, 6.45) is 6.40. The molecule has 2 aromatic rings. The van der Waals surface area contributed by atoms with E-state index < -0.39 is 9.04 Å². The topological polar surface area (TPSA) is 56.1 Å². The maximum atomic E-state index is 13.0. The van der Waals surface area contributed by atoms with Gasteiger partial charge in [-0.3, -0.25) is 9.30 Å². The number of imidazole rings is 1. The number of ether oxygens (including phenoxy) is 1. The van der Waals surface area contributed by atoms with Gasteiger partial charge < -0.3 is 9.16 Å². The molecule has 0 N–H and O–H groups in total. The Balaban J connectivity index is 1.93. The number of fused-ring (bicyclic) bond motifs is 1. The fraction of sp³-hybridized carbons (Fsp3) is 0.600. The van der Waals surface area contributed by atoms with Crippen LogP contribution >= 0.6 is 11.3 Å². The smallest absolute Gasteiger partial charge is 0.412 e. The minimum absolute atomic E-state index is 0.0264. The van der Waals surface area contributed by atoms with E-state index >= 15 is 0 Å². The van der Waals surface area contributed by atoms with Gasteiger partial charge in [-0.2, -0.15) is 0 Å². The minimum Gasteiger partial charge on any atom is -0.445 e. The van der Waals surface area contributed by atoms with Gasteiger partial charge >= 0.3 is 6.09 Å². The van der Waals surface area contributed by atoms with Gasteiger partial charge in [-0.05, 0) is 24.9 Å². The van der Waals surface area contributed by atoms with Gasteiger partial charge in [-0.1, -0.05) is 33.4 Å². The van der Waals surface area contributed by atoms with E-state index in [1.807, 2.05) is 17.4 Å². The van der Waals surface area contributed by atoms with Gasteiger partial charge in [0.1, 0.15) is 24.0 Å². The summed E-state index contributed by atoms with van der Waals surface area (Å²) in [5, 5.41) is 2.15. The van der Waals surface area contributed by atoms with Crippen molar-refractivity contribution in [3.8, 4) is 0 Å². The number of carbonyl (C=O) groups is 1. The van der Waals surface area contributed by atoms with Crippen molar-refractivity contribution in [2.24, 2.45) is 11.3 Å². The SMILES string of the molecule is C=CCOC(=O)N1C(O[SiH](C)C)[C@@H](C(C)(C)C)C[C@@H]1Cc1csc2cncn12. The zero-order valence-corrected chi connectivity index (χ0v) is 19.4. The van der Waals surface area contributed by atoms with Gasteiger partial charge in [0.15, 0.2) is 9.04 Å². The summed E-state index contributed by atoms with van der Waals surface area (Å²) < 4.78 is 14.0. The number of likely N-dealkylation sites (tertiary alicyclic amines) is 1. The lowest BCUT2D eigenvalue weighted by atomic mass is 9.78. The molecule has 1 fully saturated rings. The molecule has 8 heteroatoms. The van der Waals surface area contributed by atoms with Gasteiger partial charge in [0, 0.05) is 29.5 Å². The number of rotatable bonds is 6. The van der Waals surface area contributed by atoms with E-state index in [9.17, 15) is 4.79 Å². The molecule has 1 amide bonds. The molecule has 0 bridgehead atoms.